The van der Waals surface area contributed by atoms with Gasteiger partial charge in [0.1, 0.15) is 22.5 Å². The van der Waals surface area contributed by atoms with Crippen LogP contribution in [0.5, 0.6) is 0 Å². The van der Waals surface area contributed by atoms with Crippen LogP contribution < -0.4 is 5.32 Å². The second-order valence-electron chi connectivity index (χ2n) is 7.46. The topological polar surface area (TPSA) is 90.9 Å². The first kappa shape index (κ1) is 25.7. The average Bonchev–Trinajstić information content (AvgIpc) is 3.40. The molecule has 3 rings (SSSR count). The average molecular weight is 551 g/mol. The predicted molar refractivity (Wildman–Crippen MR) is 120 cm³/mol. The summed E-state index contributed by atoms with van der Waals surface area (Å²) in [6, 6.07) is 1.88. The molecule has 1 aromatic heterocycles. The molecule has 1 heterocycles. The molecule has 0 unspecified atom stereocenters. The molecule has 2 N–H and O–H groups in total. The highest BCUT2D eigenvalue weighted by atomic mass is 35.5. The summed E-state index contributed by atoms with van der Waals surface area (Å²) >= 11 is 13.5. The highest BCUT2D eigenvalue weighted by Crippen LogP contribution is 3.02. The van der Waals surface area contributed by atoms with Crippen molar-refractivity contribution in [3.63, 3.8) is 0 Å². The molecule has 0 spiro atoms. The molecule has 1 fully saturated rings. The number of rotatable bonds is 9. The minimum atomic E-state index is -10.1. The third-order valence-corrected chi connectivity index (χ3v) is 7.49. The lowest BCUT2D eigenvalue weighted by molar-refractivity contribution is -0.140. The quantitative estimate of drug-likeness (QED) is 0.258. The van der Waals surface area contributed by atoms with Crippen LogP contribution in [0, 0.1) is 11.3 Å². The van der Waals surface area contributed by atoms with Crippen molar-refractivity contribution in [3.8, 4) is 11.8 Å². The Kier molecular flexibility index (Phi) is 6.11. The van der Waals surface area contributed by atoms with Crippen LogP contribution >= 0.6 is 45.2 Å². The Morgan fingerprint density at radius 1 is 1.30 bits per heavy atom. The number of aromatic nitrogens is 2. The molecule has 0 radical (unpaired) electrons. The third kappa shape index (κ3) is 4.99. The lowest BCUT2D eigenvalue weighted by Gasteiger charge is -2.40. The molecule has 2 aromatic rings. The van der Waals surface area contributed by atoms with Crippen molar-refractivity contribution in [2.45, 2.75) is 29.6 Å². The molecule has 15 heteroatoms. The van der Waals surface area contributed by atoms with Crippen LogP contribution in [-0.4, -0.2) is 39.4 Å². The van der Waals surface area contributed by atoms with E-state index >= 15 is 0 Å². The van der Waals surface area contributed by atoms with Crippen LogP contribution in [0.25, 0.3) is 5.69 Å². The zero-order valence-electron chi connectivity index (χ0n) is 16.8. The fourth-order valence-corrected chi connectivity index (χ4v) is 5.25. The number of benzene rings is 1. The lowest BCUT2D eigenvalue weighted by Crippen LogP contribution is -2.22. The molecule has 1 saturated carbocycles. The lowest BCUT2D eigenvalue weighted by atomic mass is 9.95. The van der Waals surface area contributed by atoms with E-state index in [-0.39, 0.29) is 47.7 Å². The SMILES string of the molecule is CSCCCNc1c(C2(C(=O)O)CC2)c(C#N)nn1-c1c(Cl)cc(S(F)(F)(F)(F)F)cc1Cl. The Bertz CT molecular complexity index is 1160. The number of anilines is 1. The van der Waals surface area contributed by atoms with Crippen molar-refractivity contribution in [1.82, 2.24) is 9.78 Å². The highest BCUT2D eigenvalue weighted by Gasteiger charge is 2.65. The van der Waals surface area contributed by atoms with Gasteiger partial charge in [-0.3, -0.25) is 4.79 Å². The van der Waals surface area contributed by atoms with E-state index in [0.717, 1.165) is 10.4 Å². The van der Waals surface area contributed by atoms with E-state index < -0.39 is 36.5 Å². The molecule has 0 aliphatic heterocycles. The van der Waals surface area contributed by atoms with Gasteiger partial charge in [-0.2, -0.15) is 22.1 Å². The van der Waals surface area contributed by atoms with Crippen molar-refractivity contribution in [1.29, 1.82) is 5.26 Å². The van der Waals surface area contributed by atoms with Gasteiger partial charge in [-0.05, 0) is 43.4 Å². The molecular weight excluding hydrogens is 534 g/mol. The van der Waals surface area contributed by atoms with E-state index in [1.165, 1.54) is 0 Å². The van der Waals surface area contributed by atoms with Gasteiger partial charge in [0.05, 0.1) is 21.0 Å². The zero-order valence-corrected chi connectivity index (χ0v) is 20.0. The second-order valence-corrected chi connectivity index (χ2v) is 11.7. The molecule has 1 aliphatic rings. The molecule has 1 aliphatic carbocycles. The monoisotopic (exact) mass is 550 g/mol. The smallest absolute Gasteiger partial charge is 0.314 e. The number of aliphatic carboxylic acids is 1. The van der Waals surface area contributed by atoms with Gasteiger partial charge in [0.15, 0.2) is 5.69 Å². The molecule has 1 aromatic carbocycles. The van der Waals surface area contributed by atoms with Crippen molar-refractivity contribution in [2.24, 2.45) is 0 Å². The molecule has 0 amide bonds. The molecule has 0 bridgehead atoms. The Morgan fingerprint density at radius 2 is 1.88 bits per heavy atom. The molecule has 0 saturated heterocycles. The maximum Gasteiger partial charge on any atom is 0.314 e. The van der Waals surface area contributed by atoms with Crippen LogP contribution in [0.2, 0.25) is 10.0 Å². The van der Waals surface area contributed by atoms with Crippen molar-refractivity contribution >= 4 is 57.0 Å². The van der Waals surface area contributed by atoms with E-state index in [2.05, 4.69) is 10.4 Å². The first-order chi connectivity index (χ1) is 15.1. The summed E-state index contributed by atoms with van der Waals surface area (Å²) in [5, 5.41) is 24.8. The number of nitriles is 1. The first-order valence-electron chi connectivity index (χ1n) is 9.29. The minimum Gasteiger partial charge on any atom is -0.481 e. The van der Waals surface area contributed by atoms with Gasteiger partial charge in [0, 0.05) is 6.54 Å². The number of carboxylic acid groups (broad SMARTS) is 1. The predicted octanol–water partition coefficient (Wildman–Crippen LogP) is 6.99. The van der Waals surface area contributed by atoms with Gasteiger partial charge in [-0.15, -0.1) is 0 Å². The maximum atomic E-state index is 13.3. The summed E-state index contributed by atoms with van der Waals surface area (Å²) in [6.07, 6.45) is 2.94. The number of hydrogen-bond acceptors (Lipinski definition) is 5. The van der Waals surface area contributed by atoms with E-state index in [4.69, 9.17) is 23.2 Å². The number of carboxylic acids is 1. The Hall–Kier alpha value is -1.88. The largest absolute Gasteiger partial charge is 0.481 e. The molecule has 0 atom stereocenters. The summed E-state index contributed by atoms with van der Waals surface area (Å²) < 4.78 is 67.3. The molecule has 182 valence electrons. The van der Waals surface area contributed by atoms with Gasteiger partial charge in [-0.25, -0.2) is 4.68 Å². The summed E-state index contributed by atoms with van der Waals surface area (Å²) in [4.78, 5) is 9.67. The number of halogens is 7. The summed E-state index contributed by atoms with van der Waals surface area (Å²) in [5.41, 5.74) is -2.04. The fourth-order valence-electron chi connectivity index (χ4n) is 3.36. The number of carbonyl (C=O) groups is 1. The number of nitrogens with zero attached hydrogens (tertiary/aromatic N) is 3. The molecular formula is C18H17Cl2F5N4O2S2. The number of thioether (sulfide) groups is 1. The van der Waals surface area contributed by atoms with Gasteiger partial charge in [0.25, 0.3) is 0 Å². The number of nitrogens with one attached hydrogen (secondary N) is 1. The van der Waals surface area contributed by atoms with Gasteiger partial charge >= 0.3 is 16.2 Å². The van der Waals surface area contributed by atoms with Crippen LogP contribution in [0.1, 0.15) is 30.5 Å². The highest BCUT2D eigenvalue weighted by molar-refractivity contribution is 8.45. The van der Waals surface area contributed by atoms with E-state index in [1.54, 1.807) is 17.8 Å². The molecule has 33 heavy (non-hydrogen) atoms. The maximum absolute atomic E-state index is 13.3. The van der Waals surface area contributed by atoms with Gasteiger partial charge < -0.3 is 10.4 Å². The summed E-state index contributed by atoms with van der Waals surface area (Å²) in [6.45, 7) is 0.304. The number of hydrogen-bond donors (Lipinski definition) is 2. The van der Waals surface area contributed by atoms with E-state index in [1.807, 2.05) is 6.26 Å². The summed E-state index contributed by atoms with van der Waals surface area (Å²) in [5.74, 6) is -0.443. The van der Waals surface area contributed by atoms with Gasteiger partial charge in [-0.1, -0.05) is 42.6 Å². The van der Waals surface area contributed by atoms with Crippen molar-refractivity contribution < 1.29 is 29.3 Å². The van der Waals surface area contributed by atoms with Crippen molar-refractivity contribution in [3.05, 3.63) is 33.4 Å². The fraction of sp³-hybridized carbons (Fsp3) is 0.389. The summed E-state index contributed by atoms with van der Waals surface area (Å²) in [7, 11) is -10.1. The van der Waals surface area contributed by atoms with Crippen LogP contribution in [0.4, 0.5) is 25.2 Å². The van der Waals surface area contributed by atoms with Crippen LogP contribution in [-0.2, 0) is 10.2 Å². The Morgan fingerprint density at radius 3 is 2.30 bits per heavy atom. The van der Waals surface area contributed by atoms with E-state index in [9.17, 15) is 34.6 Å². The third-order valence-electron chi connectivity index (χ3n) is 5.09. The van der Waals surface area contributed by atoms with Crippen LogP contribution in [0.15, 0.2) is 17.0 Å². The van der Waals surface area contributed by atoms with Crippen molar-refractivity contribution in [2.75, 3.05) is 23.9 Å². The van der Waals surface area contributed by atoms with Gasteiger partial charge in [0.2, 0.25) is 0 Å². The first-order valence-corrected chi connectivity index (χ1v) is 13.4. The standard InChI is InChI=1S/C18H17Cl2F5N4O2S2/c1-32-6-2-5-27-16-14(18(3-4-18)17(30)31)13(9-26)28-29(16)15-11(19)7-10(8-12(15)20)33(21,22,23,24)25/h7-8,27H,2-6H2,1H3,(H,30,31). The van der Waals surface area contributed by atoms with E-state index in [0.29, 0.717) is 13.0 Å². The zero-order chi connectivity index (χ0) is 24.9. The minimum absolute atomic E-state index is 0.0106. The normalized spacial score (nSPS) is 17.1. The second kappa shape index (κ2) is 7.83. The Balaban J connectivity index is 2.25. The molecule has 6 nitrogen and oxygen atoms in total. The Labute approximate surface area is 199 Å². The van der Waals surface area contributed by atoms with Crippen LogP contribution in [0.3, 0.4) is 0 Å².